The van der Waals surface area contributed by atoms with E-state index in [1.54, 1.807) is 11.9 Å². The van der Waals surface area contributed by atoms with Crippen molar-refractivity contribution >= 4 is 36.0 Å². The Morgan fingerprint density at radius 3 is 2.59 bits per heavy atom. The van der Waals surface area contributed by atoms with E-state index in [4.69, 9.17) is 4.74 Å². The topological polar surface area (TPSA) is 29.5 Å². The van der Waals surface area contributed by atoms with Crippen LogP contribution in [0.3, 0.4) is 0 Å². The van der Waals surface area contributed by atoms with Crippen LogP contribution in [0.15, 0.2) is 30.3 Å². The number of amides is 1. The normalized spacial score (nSPS) is 26.0. The SMILES string of the molecule is CC1OC(=O)N(C)C1[S-](=P)=Pc1ccccc1. The van der Waals surface area contributed by atoms with E-state index in [1.807, 2.05) is 25.1 Å². The smallest absolute Gasteiger partial charge is 0.408 e. The number of hydrogen-bond donors (Lipinski definition) is 0. The van der Waals surface area contributed by atoms with Crippen molar-refractivity contribution in [1.82, 2.24) is 4.90 Å². The quantitative estimate of drug-likeness (QED) is 0.618. The lowest BCUT2D eigenvalue weighted by Crippen LogP contribution is -2.32. The Morgan fingerprint density at radius 1 is 1.41 bits per heavy atom. The number of carbonyl (C=O) groups excluding carboxylic acids is 1. The summed E-state index contributed by atoms with van der Waals surface area (Å²) in [7, 11) is 6.60. The maximum Gasteiger partial charge on any atom is 0.408 e. The number of benzene rings is 1. The molecule has 1 aromatic carbocycles. The third kappa shape index (κ3) is 2.82. The Hall–Kier alpha value is -0.560. The van der Waals surface area contributed by atoms with Crippen LogP contribution in [0.4, 0.5) is 4.79 Å². The number of carbonyl (C=O) groups is 1. The van der Waals surface area contributed by atoms with E-state index < -0.39 is 0 Å². The van der Waals surface area contributed by atoms with E-state index in [0.29, 0.717) is 0 Å². The first-order valence-electron chi connectivity index (χ1n) is 5.24. The summed E-state index contributed by atoms with van der Waals surface area (Å²) in [5.74, 6) is 0. The molecule has 1 heterocycles. The van der Waals surface area contributed by atoms with Crippen LogP contribution in [-0.4, -0.2) is 29.5 Å². The zero-order valence-electron chi connectivity index (χ0n) is 9.66. The highest BCUT2D eigenvalue weighted by Gasteiger charge is 2.30. The molecule has 0 aliphatic carbocycles. The van der Waals surface area contributed by atoms with Crippen LogP contribution in [-0.2, 0) is 14.0 Å². The van der Waals surface area contributed by atoms with Gasteiger partial charge in [-0.15, -0.1) is 0 Å². The molecule has 92 valence electrons. The van der Waals surface area contributed by atoms with Gasteiger partial charge >= 0.3 is 6.09 Å². The van der Waals surface area contributed by atoms with Gasteiger partial charge in [0.05, 0.1) is 0 Å². The van der Waals surface area contributed by atoms with Gasteiger partial charge in [-0.3, -0.25) is 8.02 Å². The van der Waals surface area contributed by atoms with Crippen LogP contribution in [0.2, 0.25) is 0 Å². The molecule has 1 aromatic rings. The van der Waals surface area contributed by atoms with Gasteiger partial charge in [-0.2, -0.15) is 0 Å². The lowest BCUT2D eigenvalue weighted by molar-refractivity contribution is 0.140. The van der Waals surface area contributed by atoms with Gasteiger partial charge in [0, 0.05) is 12.4 Å². The summed E-state index contributed by atoms with van der Waals surface area (Å²) in [5, 5.41) is 1.34. The zero-order chi connectivity index (χ0) is 12.4. The fraction of sp³-hybridized carbons (Fsp3) is 0.364. The molecule has 3 nitrogen and oxygen atoms in total. The lowest BCUT2D eigenvalue weighted by Gasteiger charge is -2.26. The molecular weight excluding hydrogens is 272 g/mol. The average Bonchev–Trinajstić information content (AvgIpc) is 2.54. The lowest BCUT2D eigenvalue weighted by atomic mass is 10.4. The highest BCUT2D eigenvalue weighted by molar-refractivity contribution is 8.34. The Balaban J connectivity index is 2.26. The molecule has 1 aliphatic rings. The number of rotatable bonds is 2. The first kappa shape index (κ1) is 12.9. The Kier molecular flexibility index (Phi) is 4.09. The second-order valence-corrected chi connectivity index (χ2v) is 9.72. The molecule has 0 saturated carbocycles. The second kappa shape index (κ2) is 5.39. The maximum absolute atomic E-state index is 11.4. The monoisotopic (exact) mass is 286 g/mol. The van der Waals surface area contributed by atoms with E-state index in [1.165, 1.54) is 12.7 Å². The van der Waals surface area contributed by atoms with Crippen molar-refractivity contribution in [1.29, 1.82) is 0 Å². The molecule has 1 saturated heterocycles. The standard InChI is InChI=1S/C11H14NO2P2S/c1-8-10(12(2)11(13)14-8)17(15)16-9-6-4-3-5-7-9/h3-8,10,15H,1-2H3/q-1. The van der Waals surface area contributed by atoms with Crippen molar-refractivity contribution < 1.29 is 9.53 Å². The molecule has 1 aliphatic heterocycles. The first-order valence-corrected chi connectivity index (χ1v) is 9.25. The van der Waals surface area contributed by atoms with Crippen molar-refractivity contribution in [3.05, 3.63) is 30.3 Å². The van der Waals surface area contributed by atoms with Gasteiger partial charge in [0.25, 0.3) is 0 Å². The second-order valence-electron chi connectivity index (χ2n) is 3.83. The van der Waals surface area contributed by atoms with Gasteiger partial charge in [0.2, 0.25) is 0 Å². The molecule has 0 aromatic heterocycles. The summed E-state index contributed by atoms with van der Waals surface area (Å²) in [6.45, 7) is 1.94. The predicted molar refractivity (Wildman–Crippen MR) is 76.2 cm³/mol. The third-order valence-electron chi connectivity index (χ3n) is 2.55. The van der Waals surface area contributed by atoms with Crippen molar-refractivity contribution in [3.8, 4) is 0 Å². The average molecular weight is 286 g/mol. The molecule has 2 atom stereocenters. The molecule has 1 amide bonds. The Morgan fingerprint density at radius 2 is 2.06 bits per heavy atom. The molecule has 0 radical (unpaired) electrons. The number of hydrogen-bond acceptors (Lipinski definition) is 3. The summed E-state index contributed by atoms with van der Waals surface area (Å²) in [6, 6.07) is 10.2. The van der Waals surface area contributed by atoms with Crippen LogP contribution in [0.1, 0.15) is 6.92 Å². The van der Waals surface area contributed by atoms with Gasteiger partial charge in [-0.25, -0.2) is 12.2 Å². The third-order valence-corrected chi connectivity index (χ3v) is 7.83. The van der Waals surface area contributed by atoms with E-state index in [-0.39, 0.29) is 26.8 Å². The zero-order valence-corrected chi connectivity index (χ0v) is 12.4. The van der Waals surface area contributed by atoms with E-state index >= 15 is 0 Å². The Labute approximate surface area is 106 Å². The number of ether oxygens (including phenoxy) is 1. The molecule has 0 N–H and O–H groups in total. The molecule has 0 spiro atoms. The minimum absolute atomic E-state index is 0.0652. The van der Waals surface area contributed by atoms with Crippen LogP contribution < -0.4 is 5.30 Å². The van der Waals surface area contributed by atoms with E-state index in [0.717, 1.165) is 0 Å². The van der Waals surface area contributed by atoms with E-state index in [2.05, 4.69) is 20.1 Å². The highest BCUT2D eigenvalue weighted by atomic mass is 32.7. The fourth-order valence-electron chi connectivity index (χ4n) is 1.71. The Bertz CT molecular complexity index is 499. The van der Waals surface area contributed by atoms with Gasteiger partial charge < -0.3 is 18.9 Å². The summed E-state index contributed by atoms with van der Waals surface area (Å²) in [6.07, 6.45) is -0.300. The van der Waals surface area contributed by atoms with Crippen LogP contribution in [0.25, 0.3) is 0 Å². The fourth-order valence-corrected chi connectivity index (χ4v) is 7.45. The van der Waals surface area contributed by atoms with Gasteiger partial charge in [0.1, 0.15) is 6.10 Å². The van der Waals surface area contributed by atoms with Crippen LogP contribution in [0, 0.1) is 0 Å². The predicted octanol–water partition coefficient (Wildman–Crippen LogP) is 2.65. The highest BCUT2D eigenvalue weighted by Crippen LogP contribution is 2.23. The van der Waals surface area contributed by atoms with Gasteiger partial charge in [-0.05, 0) is 12.2 Å². The number of likely N-dealkylation sites (N-methyl/N-ethyl adjacent to an activating group) is 1. The van der Waals surface area contributed by atoms with Crippen molar-refractivity contribution in [2.75, 3.05) is 7.05 Å². The minimum atomic E-state index is -0.235. The summed E-state index contributed by atoms with van der Waals surface area (Å²) >= 11 is 0. The van der Waals surface area contributed by atoms with Crippen molar-refractivity contribution in [2.45, 2.75) is 18.4 Å². The number of cyclic esters (lactones) is 1. The van der Waals surface area contributed by atoms with Gasteiger partial charge in [-0.1, -0.05) is 30.3 Å². The largest absolute Gasteiger partial charge is 0.446 e. The first-order chi connectivity index (χ1) is 8.09. The van der Waals surface area contributed by atoms with Gasteiger partial charge in [0.15, 0.2) is 0 Å². The molecule has 2 unspecified atom stereocenters. The summed E-state index contributed by atoms with van der Waals surface area (Å²) < 4.78 is 5.20. The maximum atomic E-state index is 11.4. The molecular formula is C11H14NO2P2S-. The molecule has 2 rings (SSSR count). The number of nitrogens with zero attached hydrogens (tertiary/aromatic N) is 1. The van der Waals surface area contributed by atoms with Crippen molar-refractivity contribution in [2.24, 2.45) is 0 Å². The molecule has 0 bridgehead atoms. The van der Waals surface area contributed by atoms with Crippen molar-refractivity contribution in [3.63, 3.8) is 0 Å². The van der Waals surface area contributed by atoms with Crippen LogP contribution >= 0.6 is 15.4 Å². The van der Waals surface area contributed by atoms with Crippen LogP contribution in [0.5, 0.6) is 0 Å². The summed E-state index contributed by atoms with van der Waals surface area (Å²) in [4.78, 5) is 13.1. The molecule has 6 heteroatoms. The summed E-state index contributed by atoms with van der Waals surface area (Å²) in [5.41, 5.74) is 0. The van der Waals surface area contributed by atoms with E-state index in [9.17, 15) is 4.79 Å². The molecule has 17 heavy (non-hydrogen) atoms. The minimum Gasteiger partial charge on any atom is -0.446 e. The molecule has 1 fully saturated rings.